The second kappa shape index (κ2) is 5.21. The molecule has 1 atom stereocenters. The number of aliphatic hydroxyl groups is 1. The van der Waals surface area contributed by atoms with Crippen LogP contribution in [0.2, 0.25) is 0 Å². The maximum Gasteiger partial charge on any atom is 0.206 e. The molecule has 0 spiro atoms. The number of benzene rings is 1. The molecule has 2 heterocycles. The summed E-state index contributed by atoms with van der Waals surface area (Å²) in [6, 6.07) is 8.80. The molecular weight excluding hydrogens is 238 g/mol. The zero-order chi connectivity index (χ0) is 13.2. The summed E-state index contributed by atoms with van der Waals surface area (Å²) in [6.07, 6.45) is 4.37. The van der Waals surface area contributed by atoms with Gasteiger partial charge in [0.15, 0.2) is 0 Å². The van der Waals surface area contributed by atoms with Gasteiger partial charge in [-0.2, -0.15) is 0 Å². The van der Waals surface area contributed by atoms with E-state index in [1.807, 2.05) is 6.07 Å². The highest BCUT2D eigenvalue weighted by molar-refractivity contribution is 5.78. The van der Waals surface area contributed by atoms with Crippen molar-refractivity contribution in [1.82, 2.24) is 9.55 Å². The molecule has 0 bridgehead atoms. The molecule has 102 valence electrons. The third kappa shape index (κ3) is 2.21. The molecule has 1 N–H and O–H groups in total. The molecule has 2 aromatic rings. The van der Waals surface area contributed by atoms with Gasteiger partial charge in [-0.3, -0.25) is 0 Å². The minimum absolute atomic E-state index is 0.285. The molecular formula is C15H21N3O. The third-order valence-electron chi connectivity index (χ3n) is 4.09. The topological polar surface area (TPSA) is 41.3 Å². The van der Waals surface area contributed by atoms with Crippen molar-refractivity contribution in [3.8, 4) is 0 Å². The van der Waals surface area contributed by atoms with Gasteiger partial charge >= 0.3 is 0 Å². The van der Waals surface area contributed by atoms with Crippen LogP contribution in [-0.4, -0.2) is 33.9 Å². The van der Waals surface area contributed by atoms with E-state index in [2.05, 4.69) is 34.7 Å². The van der Waals surface area contributed by atoms with Crippen molar-refractivity contribution in [2.45, 2.75) is 31.7 Å². The summed E-state index contributed by atoms with van der Waals surface area (Å²) in [5, 5.41) is 9.01. The smallest absolute Gasteiger partial charge is 0.206 e. The van der Waals surface area contributed by atoms with Crippen molar-refractivity contribution in [2.75, 3.05) is 18.1 Å². The Kier molecular flexibility index (Phi) is 3.42. The number of para-hydroxylation sites is 2. The van der Waals surface area contributed by atoms with E-state index >= 15 is 0 Å². The van der Waals surface area contributed by atoms with E-state index in [0.717, 1.165) is 30.9 Å². The third-order valence-corrected chi connectivity index (χ3v) is 4.09. The zero-order valence-corrected chi connectivity index (χ0v) is 11.4. The number of aryl methyl sites for hydroxylation is 1. The molecule has 0 radical (unpaired) electrons. The van der Waals surface area contributed by atoms with Crippen molar-refractivity contribution in [2.24, 2.45) is 7.05 Å². The van der Waals surface area contributed by atoms with Crippen LogP contribution in [0.5, 0.6) is 0 Å². The standard InChI is InChI=1S/C15H21N3O/c1-17-14-9-3-2-8-13(14)16-15(17)18-10-4-6-12(18)7-5-11-19/h2-3,8-9,12,19H,4-7,10-11H2,1H3. The normalized spacial score (nSPS) is 19.5. The Labute approximate surface area is 113 Å². The minimum Gasteiger partial charge on any atom is -0.396 e. The van der Waals surface area contributed by atoms with Gasteiger partial charge in [-0.25, -0.2) is 4.98 Å². The molecule has 1 saturated heterocycles. The number of hydrogen-bond donors (Lipinski definition) is 1. The number of hydrogen-bond acceptors (Lipinski definition) is 3. The first-order valence-electron chi connectivity index (χ1n) is 7.10. The van der Waals surface area contributed by atoms with Crippen molar-refractivity contribution in [3.05, 3.63) is 24.3 Å². The molecule has 4 heteroatoms. The zero-order valence-electron chi connectivity index (χ0n) is 11.4. The lowest BCUT2D eigenvalue weighted by molar-refractivity contribution is 0.279. The molecule has 1 aromatic heterocycles. The molecule has 1 aromatic carbocycles. The van der Waals surface area contributed by atoms with Crippen LogP contribution in [0.3, 0.4) is 0 Å². The monoisotopic (exact) mass is 259 g/mol. The van der Waals surface area contributed by atoms with Crippen LogP contribution in [0.1, 0.15) is 25.7 Å². The summed E-state index contributed by atoms with van der Waals surface area (Å²) in [4.78, 5) is 7.19. The van der Waals surface area contributed by atoms with Crippen LogP contribution in [-0.2, 0) is 7.05 Å². The number of imidazole rings is 1. The number of aliphatic hydroxyl groups excluding tert-OH is 1. The first kappa shape index (κ1) is 12.5. The van der Waals surface area contributed by atoms with E-state index in [-0.39, 0.29) is 6.61 Å². The van der Waals surface area contributed by atoms with Gasteiger partial charge in [-0.05, 0) is 37.8 Å². The van der Waals surface area contributed by atoms with E-state index < -0.39 is 0 Å². The lowest BCUT2D eigenvalue weighted by Gasteiger charge is -2.25. The largest absolute Gasteiger partial charge is 0.396 e. The Morgan fingerprint density at radius 1 is 1.37 bits per heavy atom. The van der Waals surface area contributed by atoms with Gasteiger partial charge in [-0.1, -0.05) is 12.1 Å². The van der Waals surface area contributed by atoms with Crippen LogP contribution >= 0.6 is 0 Å². The molecule has 3 rings (SSSR count). The molecule has 0 amide bonds. The molecule has 19 heavy (non-hydrogen) atoms. The highest BCUT2D eigenvalue weighted by Gasteiger charge is 2.27. The quantitative estimate of drug-likeness (QED) is 0.916. The van der Waals surface area contributed by atoms with Gasteiger partial charge in [0.2, 0.25) is 5.95 Å². The van der Waals surface area contributed by atoms with Crippen LogP contribution in [0.15, 0.2) is 24.3 Å². The first-order chi connectivity index (χ1) is 9.31. The summed E-state index contributed by atoms with van der Waals surface area (Å²) in [6.45, 7) is 1.36. The molecule has 0 saturated carbocycles. The molecule has 1 unspecified atom stereocenters. The first-order valence-corrected chi connectivity index (χ1v) is 7.10. The van der Waals surface area contributed by atoms with Crippen LogP contribution < -0.4 is 4.90 Å². The Morgan fingerprint density at radius 2 is 2.21 bits per heavy atom. The Morgan fingerprint density at radius 3 is 3.00 bits per heavy atom. The average Bonchev–Trinajstić information content (AvgIpc) is 3.01. The minimum atomic E-state index is 0.285. The molecule has 4 nitrogen and oxygen atoms in total. The fourth-order valence-electron chi connectivity index (χ4n) is 3.12. The van der Waals surface area contributed by atoms with E-state index in [1.54, 1.807) is 0 Å². The molecule has 1 fully saturated rings. The fourth-order valence-corrected chi connectivity index (χ4v) is 3.12. The summed E-state index contributed by atoms with van der Waals surface area (Å²) in [5.41, 5.74) is 2.25. The molecule has 0 aliphatic carbocycles. The van der Waals surface area contributed by atoms with Gasteiger partial charge in [0.25, 0.3) is 0 Å². The van der Waals surface area contributed by atoms with Crippen LogP contribution in [0.4, 0.5) is 5.95 Å². The average molecular weight is 259 g/mol. The van der Waals surface area contributed by atoms with Gasteiger partial charge in [0, 0.05) is 26.2 Å². The highest BCUT2D eigenvalue weighted by Crippen LogP contribution is 2.29. The number of nitrogens with zero attached hydrogens (tertiary/aromatic N) is 3. The van der Waals surface area contributed by atoms with Gasteiger partial charge in [0.1, 0.15) is 0 Å². The second-order valence-electron chi connectivity index (χ2n) is 5.31. The number of anilines is 1. The van der Waals surface area contributed by atoms with Gasteiger partial charge in [0.05, 0.1) is 11.0 Å². The Bertz CT molecular complexity index is 564. The lowest BCUT2D eigenvalue weighted by Crippen LogP contribution is -2.31. The highest BCUT2D eigenvalue weighted by atomic mass is 16.2. The Hall–Kier alpha value is -1.55. The van der Waals surface area contributed by atoms with Crippen molar-refractivity contribution in [3.63, 3.8) is 0 Å². The summed E-state index contributed by atoms with van der Waals surface area (Å²) in [5.74, 6) is 1.07. The van der Waals surface area contributed by atoms with E-state index in [0.29, 0.717) is 6.04 Å². The second-order valence-corrected chi connectivity index (χ2v) is 5.31. The summed E-state index contributed by atoms with van der Waals surface area (Å²) >= 11 is 0. The van der Waals surface area contributed by atoms with Crippen LogP contribution in [0, 0.1) is 0 Å². The lowest BCUT2D eigenvalue weighted by atomic mass is 10.1. The molecule has 1 aliphatic rings. The fraction of sp³-hybridized carbons (Fsp3) is 0.533. The van der Waals surface area contributed by atoms with Crippen LogP contribution in [0.25, 0.3) is 11.0 Å². The Balaban J connectivity index is 1.92. The number of aromatic nitrogens is 2. The van der Waals surface area contributed by atoms with Crippen molar-refractivity contribution < 1.29 is 5.11 Å². The van der Waals surface area contributed by atoms with E-state index in [1.165, 1.54) is 18.4 Å². The number of rotatable bonds is 4. The maximum absolute atomic E-state index is 9.01. The van der Waals surface area contributed by atoms with Crippen molar-refractivity contribution >= 4 is 17.0 Å². The number of fused-ring (bicyclic) bond motifs is 1. The van der Waals surface area contributed by atoms with Gasteiger partial charge < -0.3 is 14.6 Å². The van der Waals surface area contributed by atoms with Crippen molar-refractivity contribution in [1.29, 1.82) is 0 Å². The van der Waals surface area contributed by atoms with Gasteiger partial charge in [-0.15, -0.1) is 0 Å². The predicted molar refractivity (Wildman–Crippen MR) is 77.4 cm³/mol. The maximum atomic E-state index is 9.01. The summed E-state index contributed by atoms with van der Waals surface area (Å²) in [7, 11) is 2.09. The predicted octanol–water partition coefficient (Wildman–Crippen LogP) is 2.31. The van der Waals surface area contributed by atoms with E-state index in [9.17, 15) is 0 Å². The molecule has 1 aliphatic heterocycles. The summed E-state index contributed by atoms with van der Waals surface area (Å²) < 4.78 is 2.19. The van der Waals surface area contributed by atoms with E-state index in [4.69, 9.17) is 10.1 Å². The SMILES string of the molecule is Cn1c(N2CCCC2CCCO)nc2ccccc21.